The van der Waals surface area contributed by atoms with E-state index in [-0.39, 0.29) is 18.1 Å². The molecular weight excluding hydrogens is 324 g/mol. The Labute approximate surface area is 152 Å². The van der Waals surface area contributed by atoms with Crippen molar-refractivity contribution >= 4 is 6.03 Å². The second-order valence-corrected chi connectivity index (χ2v) is 6.69. The van der Waals surface area contributed by atoms with Crippen LogP contribution in [0.1, 0.15) is 34.8 Å². The van der Waals surface area contributed by atoms with Gasteiger partial charge in [0.15, 0.2) is 0 Å². The number of aryl methyl sites for hydroxylation is 1. The maximum absolute atomic E-state index is 12.7. The van der Waals surface area contributed by atoms with Crippen molar-refractivity contribution in [1.82, 2.24) is 20.8 Å². The van der Waals surface area contributed by atoms with Gasteiger partial charge in [-0.15, -0.1) is 0 Å². The summed E-state index contributed by atoms with van der Waals surface area (Å²) in [5, 5.41) is 13.4. The van der Waals surface area contributed by atoms with Gasteiger partial charge in [-0.25, -0.2) is 4.79 Å². The molecular formula is C21H22N4O. The minimum absolute atomic E-state index is 0.121. The number of amides is 2. The van der Waals surface area contributed by atoms with Crippen LogP contribution >= 0.6 is 0 Å². The third-order valence-corrected chi connectivity index (χ3v) is 4.90. The van der Waals surface area contributed by atoms with Crippen LogP contribution in [0.25, 0.3) is 0 Å². The molecule has 2 amide bonds. The first kappa shape index (κ1) is 16.4. The van der Waals surface area contributed by atoms with Gasteiger partial charge in [-0.3, -0.25) is 5.10 Å². The van der Waals surface area contributed by atoms with Crippen molar-refractivity contribution in [3.8, 4) is 0 Å². The summed E-state index contributed by atoms with van der Waals surface area (Å²) in [6, 6.07) is 19.9. The van der Waals surface area contributed by atoms with E-state index in [1.807, 2.05) is 66.9 Å². The van der Waals surface area contributed by atoms with Crippen LogP contribution in [0.15, 0.2) is 66.9 Å². The highest BCUT2D eigenvalue weighted by Gasteiger charge is 2.23. The molecule has 0 saturated carbocycles. The largest absolute Gasteiger partial charge is 0.335 e. The average molecular weight is 346 g/mol. The van der Waals surface area contributed by atoms with Gasteiger partial charge in [0.2, 0.25) is 0 Å². The molecule has 1 aliphatic carbocycles. The Morgan fingerprint density at radius 1 is 1.04 bits per heavy atom. The summed E-state index contributed by atoms with van der Waals surface area (Å²) in [6.45, 7) is 0. The van der Waals surface area contributed by atoms with Gasteiger partial charge in [-0.05, 0) is 29.5 Å². The molecule has 3 aromatic rings. The molecule has 5 heteroatoms. The van der Waals surface area contributed by atoms with Crippen LogP contribution in [0.5, 0.6) is 0 Å². The summed E-state index contributed by atoms with van der Waals surface area (Å²) >= 11 is 0. The Morgan fingerprint density at radius 2 is 1.69 bits per heavy atom. The van der Waals surface area contributed by atoms with E-state index < -0.39 is 0 Å². The first-order chi connectivity index (χ1) is 12.8. The minimum atomic E-state index is -0.177. The Hall–Kier alpha value is -3.08. The zero-order valence-corrected chi connectivity index (χ0v) is 14.5. The zero-order valence-electron chi connectivity index (χ0n) is 14.5. The summed E-state index contributed by atoms with van der Waals surface area (Å²) in [5.74, 6) is 0. The van der Waals surface area contributed by atoms with Crippen molar-refractivity contribution in [2.75, 3.05) is 0 Å². The number of nitrogens with one attached hydrogen (secondary N) is 3. The van der Waals surface area contributed by atoms with E-state index in [1.165, 1.54) is 5.56 Å². The number of aromatic nitrogens is 2. The zero-order chi connectivity index (χ0) is 17.8. The number of H-pyrrole nitrogens is 1. The lowest BCUT2D eigenvalue weighted by atomic mass is 9.94. The lowest BCUT2D eigenvalue weighted by Crippen LogP contribution is -2.45. The van der Waals surface area contributed by atoms with Crippen molar-refractivity contribution in [2.45, 2.75) is 31.3 Å². The average Bonchev–Trinajstić information content (AvgIpc) is 3.15. The highest BCUT2D eigenvalue weighted by atomic mass is 16.2. The molecule has 0 spiro atoms. The van der Waals surface area contributed by atoms with Crippen molar-refractivity contribution < 1.29 is 4.79 Å². The Balaban J connectivity index is 1.47. The van der Waals surface area contributed by atoms with Crippen LogP contribution in [0, 0.1) is 0 Å². The van der Waals surface area contributed by atoms with Crippen LogP contribution in [0.2, 0.25) is 0 Å². The number of carbonyl (C=O) groups excluding carboxylic acids is 1. The number of aromatic amines is 1. The molecule has 1 heterocycles. The summed E-state index contributed by atoms with van der Waals surface area (Å²) in [5.41, 5.74) is 4.51. The van der Waals surface area contributed by atoms with Gasteiger partial charge in [0, 0.05) is 18.2 Å². The van der Waals surface area contributed by atoms with E-state index in [1.54, 1.807) is 0 Å². The fourth-order valence-corrected chi connectivity index (χ4v) is 3.54. The predicted octanol–water partition coefficient (Wildman–Crippen LogP) is 3.36. The number of urea groups is 1. The fourth-order valence-electron chi connectivity index (χ4n) is 3.54. The lowest BCUT2D eigenvalue weighted by Gasteiger charge is -2.25. The number of carbonyl (C=O) groups is 1. The molecule has 0 bridgehead atoms. The molecule has 1 atom stereocenters. The standard InChI is InChI=1S/C21H22N4O/c26-21(23-18-12-11-17-14-22-25-19(17)13-18)24-20(15-7-3-1-4-8-15)16-9-5-2-6-10-16/h1-10,14,18,20H,11-13H2,(H,22,25)(H2,23,24,26). The van der Waals surface area contributed by atoms with Gasteiger partial charge in [0.05, 0.1) is 12.2 Å². The van der Waals surface area contributed by atoms with E-state index in [9.17, 15) is 4.79 Å². The van der Waals surface area contributed by atoms with Crippen molar-refractivity contribution in [1.29, 1.82) is 0 Å². The highest BCUT2D eigenvalue weighted by molar-refractivity contribution is 5.75. The van der Waals surface area contributed by atoms with Gasteiger partial charge in [0.25, 0.3) is 0 Å². The van der Waals surface area contributed by atoms with Gasteiger partial charge in [0.1, 0.15) is 0 Å². The normalized spacial score (nSPS) is 16.1. The summed E-state index contributed by atoms with van der Waals surface area (Å²) in [4.78, 5) is 12.7. The second kappa shape index (κ2) is 7.44. The summed E-state index contributed by atoms with van der Waals surface area (Å²) < 4.78 is 0. The van der Waals surface area contributed by atoms with Crippen molar-refractivity contribution in [2.24, 2.45) is 0 Å². The SMILES string of the molecule is O=C(NC1CCc2cn[nH]c2C1)NC(c1ccccc1)c1ccccc1. The van der Waals surface area contributed by atoms with Gasteiger partial charge < -0.3 is 10.6 Å². The number of benzene rings is 2. The molecule has 4 rings (SSSR count). The maximum Gasteiger partial charge on any atom is 0.315 e. The van der Waals surface area contributed by atoms with E-state index in [0.29, 0.717) is 0 Å². The molecule has 5 nitrogen and oxygen atoms in total. The third kappa shape index (κ3) is 3.61. The molecule has 0 fully saturated rings. The molecule has 2 aromatic carbocycles. The Morgan fingerprint density at radius 3 is 2.35 bits per heavy atom. The van der Waals surface area contributed by atoms with Crippen LogP contribution in [0.4, 0.5) is 4.79 Å². The number of fused-ring (bicyclic) bond motifs is 1. The lowest BCUT2D eigenvalue weighted by molar-refractivity contribution is 0.233. The predicted molar refractivity (Wildman–Crippen MR) is 101 cm³/mol. The van der Waals surface area contributed by atoms with E-state index in [4.69, 9.17) is 0 Å². The highest BCUT2D eigenvalue weighted by Crippen LogP contribution is 2.22. The number of hydrogen-bond acceptors (Lipinski definition) is 2. The fraction of sp³-hybridized carbons (Fsp3) is 0.238. The van der Waals surface area contributed by atoms with Crippen molar-refractivity contribution in [3.63, 3.8) is 0 Å². The number of hydrogen-bond donors (Lipinski definition) is 3. The number of nitrogens with zero attached hydrogens (tertiary/aromatic N) is 1. The van der Waals surface area contributed by atoms with Crippen molar-refractivity contribution in [3.05, 3.63) is 89.2 Å². The van der Waals surface area contributed by atoms with Gasteiger partial charge in [-0.1, -0.05) is 60.7 Å². The molecule has 132 valence electrons. The quantitative estimate of drug-likeness (QED) is 0.678. The van der Waals surface area contributed by atoms with Gasteiger partial charge in [-0.2, -0.15) is 5.10 Å². The number of rotatable bonds is 4. The molecule has 1 unspecified atom stereocenters. The smallest absolute Gasteiger partial charge is 0.315 e. The molecule has 3 N–H and O–H groups in total. The molecule has 1 aromatic heterocycles. The van der Waals surface area contributed by atoms with E-state index in [0.717, 1.165) is 36.1 Å². The van der Waals surface area contributed by atoms with Gasteiger partial charge >= 0.3 is 6.03 Å². The Bertz CT molecular complexity index is 820. The van der Waals surface area contributed by atoms with E-state index in [2.05, 4.69) is 20.8 Å². The van der Waals surface area contributed by atoms with Crippen LogP contribution in [-0.4, -0.2) is 22.3 Å². The van der Waals surface area contributed by atoms with E-state index >= 15 is 0 Å². The molecule has 0 aliphatic heterocycles. The first-order valence-electron chi connectivity index (χ1n) is 8.97. The van der Waals surface area contributed by atoms with Crippen LogP contribution < -0.4 is 10.6 Å². The maximum atomic E-state index is 12.7. The first-order valence-corrected chi connectivity index (χ1v) is 8.97. The second-order valence-electron chi connectivity index (χ2n) is 6.69. The molecule has 0 radical (unpaired) electrons. The molecule has 1 aliphatic rings. The van der Waals surface area contributed by atoms with Crippen LogP contribution in [0.3, 0.4) is 0 Å². The molecule has 0 saturated heterocycles. The Kier molecular flexibility index (Phi) is 4.69. The summed E-state index contributed by atoms with van der Waals surface area (Å²) in [6.07, 6.45) is 4.55. The summed E-state index contributed by atoms with van der Waals surface area (Å²) in [7, 11) is 0. The third-order valence-electron chi connectivity index (χ3n) is 4.90. The minimum Gasteiger partial charge on any atom is -0.335 e. The topological polar surface area (TPSA) is 69.8 Å². The monoisotopic (exact) mass is 346 g/mol. The van der Waals surface area contributed by atoms with Crippen LogP contribution in [-0.2, 0) is 12.8 Å². The molecule has 26 heavy (non-hydrogen) atoms.